The molecule has 1 atom stereocenters. The number of aryl methyl sites for hydroxylation is 1. The Kier molecular flexibility index (Phi) is 7.10. The van der Waals surface area contributed by atoms with Gasteiger partial charge in [-0.15, -0.1) is 0 Å². The summed E-state index contributed by atoms with van der Waals surface area (Å²) in [6, 6.07) is -0.107. The first kappa shape index (κ1) is 14.7. The van der Waals surface area contributed by atoms with Crippen molar-refractivity contribution in [3.8, 4) is 0 Å². The minimum atomic E-state index is -0.107. The van der Waals surface area contributed by atoms with Gasteiger partial charge in [-0.2, -0.15) is 0 Å². The van der Waals surface area contributed by atoms with Crippen LogP contribution in [0.25, 0.3) is 0 Å². The summed E-state index contributed by atoms with van der Waals surface area (Å²) in [5.74, 6) is 0.0893. The summed E-state index contributed by atoms with van der Waals surface area (Å²) in [5.41, 5.74) is 0. The fourth-order valence-corrected chi connectivity index (χ4v) is 1.65. The lowest BCUT2D eigenvalue weighted by molar-refractivity contribution is -0.122. The molecule has 0 fully saturated rings. The molecule has 1 heterocycles. The van der Waals surface area contributed by atoms with Crippen molar-refractivity contribution < 1.29 is 4.79 Å². The van der Waals surface area contributed by atoms with E-state index in [1.807, 2.05) is 19.4 Å². The summed E-state index contributed by atoms with van der Waals surface area (Å²) >= 11 is 0. The number of amides is 1. The average molecular weight is 252 g/mol. The minimum Gasteiger partial charge on any atom is -0.355 e. The van der Waals surface area contributed by atoms with Crippen molar-refractivity contribution >= 4 is 5.91 Å². The van der Waals surface area contributed by atoms with Gasteiger partial charge in [-0.3, -0.25) is 4.79 Å². The Bertz CT molecular complexity index is 324. The number of rotatable bonds is 9. The second-order valence-electron chi connectivity index (χ2n) is 4.47. The maximum absolute atomic E-state index is 11.6. The van der Waals surface area contributed by atoms with E-state index in [2.05, 4.69) is 27.1 Å². The highest BCUT2D eigenvalue weighted by atomic mass is 16.2. The van der Waals surface area contributed by atoms with Gasteiger partial charge in [-0.05, 0) is 32.7 Å². The number of aromatic nitrogens is 2. The van der Waals surface area contributed by atoms with Crippen LogP contribution >= 0.6 is 0 Å². The van der Waals surface area contributed by atoms with Gasteiger partial charge in [0.15, 0.2) is 0 Å². The van der Waals surface area contributed by atoms with Crippen LogP contribution in [0.3, 0.4) is 0 Å². The topological polar surface area (TPSA) is 59.0 Å². The number of carbonyl (C=O) groups is 1. The van der Waals surface area contributed by atoms with Gasteiger partial charge in [0.1, 0.15) is 0 Å². The molecule has 102 valence electrons. The Morgan fingerprint density at radius 2 is 2.22 bits per heavy atom. The van der Waals surface area contributed by atoms with E-state index < -0.39 is 0 Å². The van der Waals surface area contributed by atoms with E-state index in [9.17, 15) is 4.79 Å². The van der Waals surface area contributed by atoms with Crippen LogP contribution in [0.5, 0.6) is 0 Å². The summed E-state index contributed by atoms with van der Waals surface area (Å²) in [6.07, 6.45) is 8.71. The Morgan fingerprint density at radius 1 is 1.39 bits per heavy atom. The highest BCUT2D eigenvalue weighted by Crippen LogP contribution is 1.94. The highest BCUT2D eigenvalue weighted by Gasteiger charge is 2.09. The third-order valence-corrected chi connectivity index (χ3v) is 2.80. The van der Waals surface area contributed by atoms with E-state index in [1.165, 1.54) is 0 Å². The highest BCUT2D eigenvalue weighted by molar-refractivity contribution is 5.81. The number of hydrogen-bond donors (Lipinski definition) is 2. The summed E-state index contributed by atoms with van der Waals surface area (Å²) in [4.78, 5) is 15.6. The molecule has 2 N–H and O–H groups in total. The van der Waals surface area contributed by atoms with Gasteiger partial charge < -0.3 is 15.2 Å². The van der Waals surface area contributed by atoms with E-state index in [1.54, 1.807) is 6.20 Å². The molecule has 18 heavy (non-hydrogen) atoms. The summed E-state index contributed by atoms with van der Waals surface area (Å²) < 4.78 is 2.07. The molecule has 0 aliphatic carbocycles. The summed E-state index contributed by atoms with van der Waals surface area (Å²) in [7, 11) is 0. The standard InChI is InChI=1S/C13H24N4O/c1-3-6-16-13(18)12(2)15-7-4-5-9-17-10-8-14-11-17/h8,10-12,15H,3-7,9H2,1-2H3,(H,16,18). The lowest BCUT2D eigenvalue weighted by Crippen LogP contribution is -2.42. The van der Waals surface area contributed by atoms with E-state index in [-0.39, 0.29) is 11.9 Å². The molecule has 0 spiro atoms. The molecule has 5 nitrogen and oxygen atoms in total. The van der Waals surface area contributed by atoms with Crippen molar-refractivity contribution in [3.63, 3.8) is 0 Å². The second kappa shape index (κ2) is 8.69. The van der Waals surface area contributed by atoms with Crippen LogP contribution in [0.1, 0.15) is 33.1 Å². The van der Waals surface area contributed by atoms with Crippen molar-refractivity contribution in [2.24, 2.45) is 0 Å². The van der Waals surface area contributed by atoms with Crippen LogP contribution in [-0.2, 0) is 11.3 Å². The van der Waals surface area contributed by atoms with E-state index in [4.69, 9.17) is 0 Å². The van der Waals surface area contributed by atoms with Crippen molar-refractivity contribution in [2.45, 2.75) is 45.7 Å². The molecular weight excluding hydrogens is 228 g/mol. The first-order valence-corrected chi connectivity index (χ1v) is 6.71. The molecule has 1 unspecified atom stereocenters. The third-order valence-electron chi connectivity index (χ3n) is 2.80. The lowest BCUT2D eigenvalue weighted by Gasteiger charge is -2.13. The largest absolute Gasteiger partial charge is 0.355 e. The van der Waals surface area contributed by atoms with Crippen LogP contribution in [-0.4, -0.2) is 34.6 Å². The molecule has 1 aromatic rings. The molecule has 0 aliphatic heterocycles. The molecule has 1 amide bonds. The van der Waals surface area contributed by atoms with Gasteiger partial charge >= 0.3 is 0 Å². The number of carbonyl (C=O) groups excluding carboxylic acids is 1. The normalized spacial score (nSPS) is 12.3. The Labute approximate surface area is 109 Å². The number of hydrogen-bond acceptors (Lipinski definition) is 3. The van der Waals surface area contributed by atoms with Gasteiger partial charge in [0, 0.05) is 25.5 Å². The maximum Gasteiger partial charge on any atom is 0.236 e. The zero-order valence-electron chi connectivity index (χ0n) is 11.4. The van der Waals surface area contributed by atoms with Gasteiger partial charge in [-0.1, -0.05) is 6.92 Å². The zero-order valence-corrected chi connectivity index (χ0v) is 11.4. The summed E-state index contributed by atoms with van der Waals surface area (Å²) in [6.45, 7) is 6.56. The zero-order chi connectivity index (χ0) is 13.2. The van der Waals surface area contributed by atoms with Crippen LogP contribution in [0, 0.1) is 0 Å². The van der Waals surface area contributed by atoms with E-state index >= 15 is 0 Å². The van der Waals surface area contributed by atoms with Crippen LogP contribution in [0.15, 0.2) is 18.7 Å². The molecule has 1 rings (SSSR count). The van der Waals surface area contributed by atoms with Crippen LogP contribution in [0.2, 0.25) is 0 Å². The second-order valence-corrected chi connectivity index (χ2v) is 4.47. The Balaban J connectivity index is 2.01. The lowest BCUT2D eigenvalue weighted by atomic mass is 10.2. The number of nitrogens with one attached hydrogen (secondary N) is 2. The van der Waals surface area contributed by atoms with Gasteiger partial charge in [0.05, 0.1) is 12.4 Å². The molecule has 1 aromatic heterocycles. The Morgan fingerprint density at radius 3 is 2.89 bits per heavy atom. The van der Waals surface area contributed by atoms with Crippen LogP contribution in [0.4, 0.5) is 0 Å². The SMILES string of the molecule is CCCNC(=O)C(C)NCCCCn1ccnc1. The minimum absolute atomic E-state index is 0.0893. The predicted molar refractivity (Wildman–Crippen MR) is 72.2 cm³/mol. The van der Waals surface area contributed by atoms with Gasteiger partial charge in [0.25, 0.3) is 0 Å². The fourth-order valence-electron chi connectivity index (χ4n) is 1.65. The molecule has 0 bridgehead atoms. The Hall–Kier alpha value is -1.36. The summed E-state index contributed by atoms with van der Waals surface area (Å²) in [5, 5.41) is 6.12. The number of unbranched alkanes of at least 4 members (excludes halogenated alkanes) is 1. The fraction of sp³-hybridized carbons (Fsp3) is 0.692. The van der Waals surface area contributed by atoms with Crippen molar-refractivity contribution in [3.05, 3.63) is 18.7 Å². The van der Waals surface area contributed by atoms with Gasteiger partial charge in [0.2, 0.25) is 5.91 Å². The smallest absolute Gasteiger partial charge is 0.236 e. The quantitative estimate of drug-likeness (QED) is 0.649. The first-order chi connectivity index (χ1) is 8.74. The molecule has 0 aromatic carbocycles. The van der Waals surface area contributed by atoms with Crippen molar-refractivity contribution in [1.82, 2.24) is 20.2 Å². The number of imidazole rings is 1. The van der Waals surface area contributed by atoms with Crippen LogP contribution < -0.4 is 10.6 Å². The molecular formula is C13H24N4O. The average Bonchev–Trinajstić information content (AvgIpc) is 2.88. The number of nitrogens with zero attached hydrogens (tertiary/aromatic N) is 2. The molecule has 0 saturated carbocycles. The monoisotopic (exact) mass is 252 g/mol. The van der Waals surface area contributed by atoms with E-state index in [0.29, 0.717) is 0 Å². The van der Waals surface area contributed by atoms with Crippen molar-refractivity contribution in [1.29, 1.82) is 0 Å². The predicted octanol–water partition coefficient (Wildman–Crippen LogP) is 1.17. The third kappa shape index (κ3) is 5.82. The maximum atomic E-state index is 11.6. The molecule has 5 heteroatoms. The molecule has 0 radical (unpaired) electrons. The molecule has 0 saturated heterocycles. The van der Waals surface area contributed by atoms with E-state index in [0.717, 1.165) is 38.9 Å². The molecule has 0 aliphatic rings. The van der Waals surface area contributed by atoms with Gasteiger partial charge in [-0.25, -0.2) is 4.98 Å². The first-order valence-electron chi connectivity index (χ1n) is 6.71. The van der Waals surface area contributed by atoms with Crippen molar-refractivity contribution in [2.75, 3.05) is 13.1 Å².